The van der Waals surface area contributed by atoms with Crippen LogP contribution in [-0.4, -0.2) is 29.1 Å². The van der Waals surface area contributed by atoms with Gasteiger partial charge in [0.05, 0.1) is 5.25 Å². The van der Waals surface area contributed by atoms with Crippen LogP contribution < -0.4 is 0 Å². The molecule has 19 heavy (non-hydrogen) atoms. The fourth-order valence-corrected chi connectivity index (χ4v) is 2.93. The van der Waals surface area contributed by atoms with Gasteiger partial charge in [0.2, 0.25) is 5.91 Å². The molecule has 0 N–H and O–H groups in total. The Morgan fingerprint density at radius 2 is 1.63 bits per heavy atom. The Hall–Kier alpha value is -0.960. The van der Waals surface area contributed by atoms with Crippen LogP contribution in [0.3, 0.4) is 0 Å². The van der Waals surface area contributed by atoms with E-state index >= 15 is 0 Å². The largest absolute Gasteiger partial charge is 0.342 e. The summed E-state index contributed by atoms with van der Waals surface area (Å²) in [5.41, 5.74) is 1.34. The number of benzene rings is 1. The number of nitrogens with zero attached hydrogens (tertiary/aromatic N) is 1. The van der Waals surface area contributed by atoms with Crippen molar-refractivity contribution in [3.63, 3.8) is 0 Å². The van der Waals surface area contributed by atoms with Gasteiger partial charge in [0.1, 0.15) is 0 Å². The molecule has 1 aromatic carbocycles. The molecular formula is C16H25NOS. The molecule has 0 aliphatic heterocycles. The molecule has 0 heterocycles. The van der Waals surface area contributed by atoms with E-state index in [0.29, 0.717) is 5.92 Å². The number of carbonyl (C=O) groups is 1. The molecule has 106 valence electrons. The van der Waals surface area contributed by atoms with Gasteiger partial charge >= 0.3 is 0 Å². The molecule has 0 aliphatic carbocycles. The monoisotopic (exact) mass is 279 g/mol. The lowest BCUT2D eigenvalue weighted by molar-refractivity contribution is -0.129. The van der Waals surface area contributed by atoms with E-state index in [1.807, 2.05) is 25.7 Å². The molecule has 2 nitrogen and oxygen atoms in total. The maximum atomic E-state index is 12.2. The van der Waals surface area contributed by atoms with E-state index in [-0.39, 0.29) is 11.2 Å². The summed E-state index contributed by atoms with van der Waals surface area (Å²) in [7, 11) is 0. The third-order valence-corrected chi connectivity index (χ3v) is 4.38. The van der Waals surface area contributed by atoms with Crippen LogP contribution >= 0.6 is 11.8 Å². The predicted molar refractivity (Wildman–Crippen MR) is 83.8 cm³/mol. The SMILES string of the molecule is CCN(CC)C(=O)C(C)Sc1ccc(C(C)C)cc1. The maximum Gasteiger partial charge on any atom is 0.235 e. The van der Waals surface area contributed by atoms with Crippen molar-refractivity contribution in [1.82, 2.24) is 4.90 Å². The quantitative estimate of drug-likeness (QED) is 0.729. The molecule has 0 fully saturated rings. The molecule has 1 unspecified atom stereocenters. The highest BCUT2D eigenvalue weighted by Gasteiger charge is 2.19. The molecule has 1 atom stereocenters. The minimum Gasteiger partial charge on any atom is -0.342 e. The van der Waals surface area contributed by atoms with E-state index < -0.39 is 0 Å². The van der Waals surface area contributed by atoms with Crippen LogP contribution in [-0.2, 0) is 4.79 Å². The fourth-order valence-electron chi connectivity index (χ4n) is 1.98. The second-order valence-electron chi connectivity index (χ2n) is 4.99. The summed E-state index contributed by atoms with van der Waals surface area (Å²) in [5, 5.41) is -0.0233. The maximum absolute atomic E-state index is 12.2. The zero-order valence-electron chi connectivity index (χ0n) is 12.6. The topological polar surface area (TPSA) is 20.3 Å². The van der Waals surface area contributed by atoms with E-state index in [1.54, 1.807) is 11.8 Å². The lowest BCUT2D eigenvalue weighted by Gasteiger charge is -2.22. The van der Waals surface area contributed by atoms with Crippen molar-refractivity contribution in [3.8, 4) is 0 Å². The summed E-state index contributed by atoms with van der Waals surface area (Å²) in [4.78, 5) is 15.2. The summed E-state index contributed by atoms with van der Waals surface area (Å²) >= 11 is 1.64. The van der Waals surface area contributed by atoms with Crippen molar-refractivity contribution in [2.24, 2.45) is 0 Å². The van der Waals surface area contributed by atoms with Gasteiger partial charge in [-0.1, -0.05) is 26.0 Å². The zero-order chi connectivity index (χ0) is 14.4. The average molecular weight is 279 g/mol. The lowest BCUT2D eigenvalue weighted by Crippen LogP contribution is -2.36. The zero-order valence-corrected chi connectivity index (χ0v) is 13.5. The first-order valence-electron chi connectivity index (χ1n) is 7.04. The molecule has 1 rings (SSSR count). The second-order valence-corrected chi connectivity index (χ2v) is 6.41. The van der Waals surface area contributed by atoms with Gasteiger partial charge in [-0.15, -0.1) is 11.8 Å². The summed E-state index contributed by atoms with van der Waals surface area (Å²) in [6.45, 7) is 12.0. The number of hydrogen-bond donors (Lipinski definition) is 0. The third kappa shape index (κ3) is 4.57. The fraction of sp³-hybridized carbons (Fsp3) is 0.562. The van der Waals surface area contributed by atoms with Crippen LogP contribution in [0.5, 0.6) is 0 Å². The normalized spacial score (nSPS) is 12.5. The Kier molecular flexibility index (Phi) is 6.43. The number of amides is 1. The number of rotatable bonds is 6. The van der Waals surface area contributed by atoms with Gasteiger partial charge in [-0.05, 0) is 44.4 Å². The van der Waals surface area contributed by atoms with E-state index in [4.69, 9.17) is 0 Å². The first-order valence-corrected chi connectivity index (χ1v) is 7.92. The second kappa shape index (κ2) is 7.59. The molecule has 1 aromatic rings. The standard InChI is InChI=1S/C16H25NOS/c1-6-17(7-2)16(18)13(5)19-15-10-8-14(9-11-15)12(3)4/h8-13H,6-7H2,1-5H3. The predicted octanol–water partition coefficient (Wildman–Crippen LogP) is 4.16. The van der Waals surface area contributed by atoms with Crippen molar-refractivity contribution in [1.29, 1.82) is 0 Å². The molecule has 0 bridgehead atoms. The lowest BCUT2D eigenvalue weighted by atomic mass is 10.0. The van der Waals surface area contributed by atoms with Crippen molar-refractivity contribution >= 4 is 17.7 Å². The van der Waals surface area contributed by atoms with Gasteiger partial charge in [0, 0.05) is 18.0 Å². The van der Waals surface area contributed by atoms with Gasteiger partial charge in [-0.25, -0.2) is 0 Å². The van der Waals surface area contributed by atoms with Crippen LogP contribution in [0.2, 0.25) is 0 Å². The number of thioether (sulfide) groups is 1. The van der Waals surface area contributed by atoms with Gasteiger partial charge in [-0.2, -0.15) is 0 Å². The van der Waals surface area contributed by atoms with Gasteiger partial charge in [-0.3, -0.25) is 4.79 Å². The van der Waals surface area contributed by atoms with Crippen LogP contribution in [0, 0.1) is 0 Å². The first-order chi connectivity index (χ1) is 8.99. The van der Waals surface area contributed by atoms with E-state index in [9.17, 15) is 4.79 Å². The van der Waals surface area contributed by atoms with Crippen molar-refractivity contribution in [2.75, 3.05) is 13.1 Å². The van der Waals surface area contributed by atoms with E-state index in [2.05, 4.69) is 38.1 Å². The van der Waals surface area contributed by atoms with E-state index in [1.165, 1.54) is 5.56 Å². The van der Waals surface area contributed by atoms with Crippen molar-refractivity contribution < 1.29 is 4.79 Å². The third-order valence-electron chi connectivity index (χ3n) is 3.28. The minimum atomic E-state index is -0.0233. The Bertz CT molecular complexity index is 396. The molecule has 0 aromatic heterocycles. The molecule has 0 saturated heterocycles. The number of carbonyl (C=O) groups excluding carboxylic acids is 1. The molecule has 3 heteroatoms. The van der Waals surface area contributed by atoms with Crippen LogP contribution in [0.25, 0.3) is 0 Å². The van der Waals surface area contributed by atoms with Crippen LogP contribution in [0.15, 0.2) is 29.2 Å². The Balaban J connectivity index is 2.66. The van der Waals surface area contributed by atoms with Gasteiger partial charge < -0.3 is 4.90 Å². The first kappa shape index (κ1) is 16.1. The Labute approximate surface area is 121 Å². The summed E-state index contributed by atoms with van der Waals surface area (Å²) in [6.07, 6.45) is 0. The van der Waals surface area contributed by atoms with Crippen LogP contribution in [0.4, 0.5) is 0 Å². The Morgan fingerprint density at radius 1 is 1.11 bits per heavy atom. The summed E-state index contributed by atoms with van der Waals surface area (Å²) in [5.74, 6) is 0.775. The molecule has 0 saturated carbocycles. The molecular weight excluding hydrogens is 254 g/mol. The molecule has 1 amide bonds. The van der Waals surface area contributed by atoms with E-state index in [0.717, 1.165) is 18.0 Å². The minimum absolute atomic E-state index is 0.0233. The van der Waals surface area contributed by atoms with Crippen molar-refractivity contribution in [3.05, 3.63) is 29.8 Å². The summed E-state index contributed by atoms with van der Waals surface area (Å²) < 4.78 is 0. The van der Waals surface area contributed by atoms with Gasteiger partial charge in [0.25, 0.3) is 0 Å². The highest BCUT2D eigenvalue weighted by molar-refractivity contribution is 8.00. The highest BCUT2D eigenvalue weighted by atomic mass is 32.2. The number of hydrogen-bond acceptors (Lipinski definition) is 2. The molecule has 0 radical (unpaired) electrons. The smallest absolute Gasteiger partial charge is 0.235 e. The summed E-state index contributed by atoms with van der Waals surface area (Å²) in [6, 6.07) is 8.54. The Morgan fingerprint density at radius 3 is 2.05 bits per heavy atom. The van der Waals surface area contributed by atoms with Crippen LogP contribution in [0.1, 0.15) is 46.1 Å². The van der Waals surface area contributed by atoms with Gasteiger partial charge in [0.15, 0.2) is 0 Å². The highest BCUT2D eigenvalue weighted by Crippen LogP contribution is 2.26. The average Bonchev–Trinajstić information content (AvgIpc) is 2.40. The van der Waals surface area contributed by atoms with Crippen molar-refractivity contribution in [2.45, 2.75) is 50.7 Å². The molecule has 0 spiro atoms. The molecule has 0 aliphatic rings.